The Morgan fingerprint density at radius 3 is 2.41 bits per heavy atom. The number of morpholine rings is 1. The largest absolute Gasteiger partial charge is 0.378 e. The van der Waals surface area contributed by atoms with Crippen LogP contribution in [0, 0.1) is 23.7 Å². The number of urea groups is 1. The molecule has 3 saturated carbocycles. The molecule has 1 N–H and O–H groups in total. The second-order valence-corrected chi connectivity index (χ2v) is 6.06. The molecular weight excluding hydrogens is 216 g/mol. The third-order valence-electron chi connectivity index (χ3n) is 5.32. The van der Waals surface area contributed by atoms with E-state index in [2.05, 4.69) is 5.32 Å². The molecule has 4 rings (SSSR count). The second-order valence-electron chi connectivity index (χ2n) is 6.06. The summed E-state index contributed by atoms with van der Waals surface area (Å²) >= 11 is 0. The Hall–Kier alpha value is -0.770. The van der Waals surface area contributed by atoms with E-state index in [1.165, 1.54) is 19.3 Å². The number of amides is 2. The summed E-state index contributed by atoms with van der Waals surface area (Å²) in [5.74, 6) is 3.53. The smallest absolute Gasteiger partial charge is 0.317 e. The van der Waals surface area contributed by atoms with E-state index in [-0.39, 0.29) is 6.03 Å². The number of hydrogen-bond donors (Lipinski definition) is 1. The molecule has 1 aliphatic heterocycles. The normalized spacial score (nSPS) is 46.8. The van der Waals surface area contributed by atoms with Crippen LogP contribution in [0.4, 0.5) is 4.79 Å². The van der Waals surface area contributed by atoms with E-state index in [1.54, 1.807) is 0 Å². The molecule has 0 aromatic heterocycles. The van der Waals surface area contributed by atoms with Gasteiger partial charge in [-0.3, -0.25) is 0 Å². The molecule has 4 nitrogen and oxygen atoms in total. The average molecular weight is 236 g/mol. The zero-order valence-corrected chi connectivity index (χ0v) is 10.1. The van der Waals surface area contributed by atoms with Gasteiger partial charge in [0.15, 0.2) is 0 Å². The maximum atomic E-state index is 12.1. The van der Waals surface area contributed by atoms with Crippen molar-refractivity contribution < 1.29 is 9.53 Å². The summed E-state index contributed by atoms with van der Waals surface area (Å²) in [5.41, 5.74) is 0. The van der Waals surface area contributed by atoms with Crippen LogP contribution in [-0.2, 0) is 4.74 Å². The van der Waals surface area contributed by atoms with Crippen molar-refractivity contribution >= 4 is 6.03 Å². The van der Waals surface area contributed by atoms with Crippen LogP contribution in [0.2, 0.25) is 0 Å². The van der Waals surface area contributed by atoms with Gasteiger partial charge in [-0.05, 0) is 42.9 Å². The molecule has 2 bridgehead atoms. The molecule has 1 saturated heterocycles. The predicted molar refractivity (Wildman–Crippen MR) is 62.5 cm³/mol. The summed E-state index contributed by atoms with van der Waals surface area (Å²) in [6, 6.07) is 0.656. The van der Waals surface area contributed by atoms with Gasteiger partial charge in [0.25, 0.3) is 0 Å². The van der Waals surface area contributed by atoms with Gasteiger partial charge >= 0.3 is 6.03 Å². The highest BCUT2D eigenvalue weighted by molar-refractivity contribution is 5.75. The molecule has 17 heavy (non-hydrogen) atoms. The lowest BCUT2D eigenvalue weighted by Gasteiger charge is -2.27. The Bertz CT molecular complexity index is 324. The van der Waals surface area contributed by atoms with Gasteiger partial charge in [0.1, 0.15) is 0 Å². The Kier molecular flexibility index (Phi) is 2.16. The van der Waals surface area contributed by atoms with Gasteiger partial charge in [-0.1, -0.05) is 0 Å². The van der Waals surface area contributed by atoms with Crippen LogP contribution < -0.4 is 5.32 Å². The minimum atomic E-state index is 0.145. The molecule has 1 heterocycles. The summed E-state index contributed by atoms with van der Waals surface area (Å²) in [7, 11) is 0. The van der Waals surface area contributed by atoms with Crippen LogP contribution >= 0.6 is 0 Å². The number of rotatable bonds is 1. The van der Waals surface area contributed by atoms with E-state index in [1.807, 2.05) is 4.90 Å². The van der Waals surface area contributed by atoms with Crippen molar-refractivity contribution in [2.24, 2.45) is 23.7 Å². The van der Waals surface area contributed by atoms with Gasteiger partial charge in [0.05, 0.1) is 13.2 Å². The highest BCUT2D eigenvalue weighted by Gasteiger charge is 2.65. The van der Waals surface area contributed by atoms with Crippen molar-refractivity contribution in [1.29, 1.82) is 0 Å². The fourth-order valence-corrected chi connectivity index (χ4v) is 4.52. The number of carbonyl (C=O) groups is 1. The van der Waals surface area contributed by atoms with Crippen LogP contribution in [0.1, 0.15) is 19.3 Å². The van der Waals surface area contributed by atoms with Crippen LogP contribution in [0.25, 0.3) is 0 Å². The minimum absolute atomic E-state index is 0.145. The van der Waals surface area contributed by atoms with E-state index in [4.69, 9.17) is 4.74 Å². The first-order chi connectivity index (χ1) is 8.34. The topological polar surface area (TPSA) is 41.6 Å². The lowest BCUT2D eigenvalue weighted by molar-refractivity contribution is 0.0528. The molecule has 4 fully saturated rings. The fraction of sp³-hybridized carbons (Fsp3) is 0.923. The summed E-state index contributed by atoms with van der Waals surface area (Å²) in [6.07, 6.45) is 4.27. The zero-order valence-electron chi connectivity index (χ0n) is 10.1. The van der Waals surface area contributed by atoms with Crippen LogP contribution in [-0.4, -0.2) is 43.3 Å². The van der Waals surface area contributed by atoms with Crippen molar-refractivity contribution in [3.8, 4) is 0 Å². The molecule has 4 atom stereocenters. The van der Waals surface area contributed by atoms with Gasteiger partial charge in [-0.2, -0.15) is 0 Å². The van der Waals surface area contributed by atoms with E-state index < -0.39 is 0 Å². The number of carbonyl (C=O) groups excluding carboxylic acids is 1. The van der Waals surface area contributed by atoms with Crippen LogP contribution in [0.15, 0.2) is 0 Å². The molecule has 94 valence electrons. The maximum Gasteiger partial charge on any atom is 0.317 e. The molecular formula is C13H20N2O2. The predicted octanol–water partition coefficient (Wildman–Crippen LogP) is 1.07. The SMILES string of the molecule is O=C(NC1C2C3CCC(C3)C12)N1CCOCC1. The Labute approximate surface area is 102 Å². The average Bonchev–Trinajstić information content (AvgIpc) is 2.76. The molecule has 4 unspecified atom stereocenters. The van der Waals surface area contributed by atoms with Crippen molar-refractivity contribution in [2.75, 3.05) is 26.3 Å². The monoisotopic (exact) mass is 236 g/mol. The van der Waals surface area contributed by atoms with Crippen molar-refractivity contribution in [2.45, 2.75) is 25.3 Å². The fourth-order valence-electron chi connectivity index (χ4n) is 4.52. The van der Waals surface area contributed by atoms with E-state index >= 15 is 0 Å². The molecule has 2 amide bonds. The number of ether oxygens (including phenoxy) is 1. The first-order valence-electron chi connectivity index (χ1n) is 6.98. The molecule has 4 heteroatoms. The molecule has 3 aliphatic carbocycles. The molecule has 0 radical (unpaired) electrons. The van der Waals surface area contributed by atoms with Crippen LogP contribution in [0.3, 0.4) is 0 Å². The van der Waals surface area contributed by atoms with Crippen molar-refractivity contribution in [3.63, 3.8) is 0 Å². The minimum Gasteiger partial charge on any atom is -0.378 e. The summed E-state index contributed by atoms with van der Waals surface area (Å²) in [4.78, 5) is 14.0. The first-order valence-corrected chi connectivity index (χ1v) is 6.98. The molecule has 0 spiro atoms. The number of fused-ring (bicyclic) bond motifs is 5. The van der Waals surface area contributed by atoms with E-state index in [9.17, 15) is 4.79 Å². The van der Waals surface area contributed by atoms with Gasteiger partial charge in [0, 0.05) is 19.1 Å². The quantitative estimate of drug-likeness (QED) is 0.740. The van der Waals surface area contributed by atoms with Crippen LogP contribution in [0.5, 0.6) is 0 Å². The highest BCUT2D eigenvalue weighted by atomic mass is 16.5. The van der Waals surface area contributed by atoms with Crippen molar-refractivity contribution in [3.05, 3.63) is 0 Å². The number of nitrogens with zero attached hydrogens (tertiary/aromatic N) is 1. The standard InChI is InChI=1S/C13H20N2O2/c16-13(15-3-5-17-6-4-15)14-12-10-8-1-2-9(7-8)11(10)12/h8-12H,1-7H2,(H,14,16). The number of nitrogens with one attached hydrogen (secondary N) is 1. The van der Waals surface area contributed by atoms with Crippen molar-refractivity contribution in [1.82, 2.24) is 10.2 Å². The zero-order chi connectivity index (χ0) is 11.4. The third kappa shape index (κ3) is 1.49. The lowest BCUT2D eigenvalue weighted by atomic mass is 10.0. The Morgan fingerprint density at radius 1 is 1.12 bits per heavy atom. The van der Waals surface area contributed by atoms with E-state index in [0.717, 1.165) is 36.8 Å². The van der Waals surface area contributed by atoms with Gasteiger partial charge in [0.2, 0.25) is 0 Å². The van der Waals surface area contributed by atoms with Gasteiger partial charge in [-0.25, -0.2) is 4.79 Å². The molecule has 0 aromatic rings. The Morgan fingerprint density at radius 2 is 1.76 bits per heavy atom. The second kappa shape index (κ2) is 3.61. The first kappa shape index (κ1) is 10.2. The summed E-state index contributed by atoms with van der Waals surface area (Å²) < 4.78 is 5.27. The Balaban J connectivity index is 1.35. The highest BCUT2D eigenvalue weighted by Crippen LogP contribution is 2.65. The van der Waals surface area contributed by atoms with E-state index in [0.29, 0.717) is 19.3 Å². The molecule has 0 aromatic carbocycles. The maximum absolute atomic E-state index is 12.1. The van der Waals surface area contributed by atoms with Gasteiger partial charge in [-0.15, -0.1) is 0 Å². The summed E-state index contributed by atoms with van der Waals surface area (Å²) in [5, 5.41) is 3.26. The lowest BCUT2D eigenvalue weighted by Crippen LogP contribution is -2.47. The summed E-state index contributed by atoms with van der Waals surface area (Å²) in [6.45, 7) is 2.88. The number of hydrogen-bond acceptors (Lipinski definition) is 2. The van der Waals surface area contributed by atoms with Gasteiger partial charge < -0.3 is 15.0 Å². The third-order valence-corrected chi connectivity index (χ3v) is 5.32. The molecule has 4 aliphatic rings.